The highest BCUT2D eigenvalue weighted by molar-refractivity contribution is 7.99. The molecule has 2 aliphatic rings. The number of ether oxygens (including phenoxy) is 3. The number of methoxy groups -OCH3 is 1. The van der Waals surface area contributed by atoms with Gasteiger partial charge in [-0.25, -0.2) is 9.97 Å². The molecule has 2 aromatic heterocycles. The highest BCUT2D eigenvalue weighted by Gasteiger charge is 2.22. The summed E-state index contributed by atoms with van der Waals surface area (Å²) in [6.07, 6.45) is 5.88. The standard InChI is InChI=1S/C17H16N4O3S/c1-22-13-6-11(7-14-15(13)24-10-23-14)16-18-2-3-20(16)8-12-9-21-4-5-25-17(21)19-12/h2-3,6-7,9H,4-5,8,10H2,1H3. The van der Waals surface area contributed by atoms with Crippen molar-refractivity contribution in [2.24, 2.45) is 0 Å². The van der Waals surface area contributed by atoms with E-state index in [1.807, 2.05) is 18.3 Å². The molecule has 7 nitrogen and oxygen atoms in total. The highest BCUT2D eigenvalue weighted by atomic mass is 32.2. The minimum absolute atomic E-state index is 0.210. The van der Waals surface area contributed by atoms with Crippen LogP contribution >= 0.6 is 11.8 Å². The van der Waals surface area contributed by atoms with Gasteiger partial charge in [-0.2, -0.15) is 0 Å². The van der Waals surface area contributed by atoms with E-state index in [1.54, 1.807) is 25.1 Å². The first-order valence-electron chi connectivity index (χ1n) is 8.00. The average Bonchev–Trinajstić information content (AvgIpc) is 3.37. The summed E-state index contributed by atoms with van der Waals surface area (Å²) in [5, 5.41) is 1.10. The molecule has 0 atom stereocenters. The Bertz CT molecular complexity index is 928. The van der Waals surface area contributed by atoms with Crippen molar-refractivity contribution in [2.75, 3.05) is 19.7 Å². The molecule has 0 N–H and O–H groups in total. The van der Waals surface area contributed by atoms with Crippen molar-refractivity contribution in [1.29, 1.82) is 0 Å². The number of hydrogen-bond donors (Lipinski definition) is 0. The third-order valence-corrected chi connectivity index (χ3v) is 5.29. The summed E-state index contributed by atoms with van der Waals surface area (Å²) in [5.41, 5.74) is 1.96. The Morgan fingerprint density at radius 3 is 3.16 bits per heavy atom. The molecule has 25 heavy (non-hydrogen) atoms. The molecule has 8 heteroatoms. The minimum Gasteiger partial charge on any atom is -0.493 e. The predicted molar refractivity (Wildman–Crippen MR) is 92.4 cm³/mol. The van der Waals surface area contributed by atoms with E-state index in [1.165, 1.54) is 0 Å². The number of hydrogen-bond acceptors (Lipinski definition) is 6. The van der Waals surface area contributed by atoms with Crippen LogP contribution in [-0.2, 0) is 13.1 Å². The maximum atomic E-state index is 5.52. The number of fused-ring (bicyclic) bond motifs is 2. The molecule has 128 valence electrons. The number of rotatable bonds is 4. The topological polar surface area (TPSA) is 63.3 Å². The van der Waals surface area contributed by atoms with Gasteiger partial charge in [0.15, 0.2) is 16.7 Å². The van der Waals surface area contributed by atoms with Gasteiger partial charge in [-0.1, -0.05) is 11.8 Å². The molecule has 0 fully saturated rings. The van der Waals surface area contributed by atoms with Crippen LogP contribution in [0.4, 0.5) is 0 Å². The highest BCUT2D eigenvalue weighted by Crippen LogP contribution is 2.44. The lowest BCUT2D eigenvalue weighted by atomic mass is 10.1. The molecule has 3 aromatic rings. The lowest BCUT2D eigenvalue weighted by molar-refractivity contribution is 0.171. The van der Waals surface area contributed by atoms with Crippen LogP contribution in [0.3, 0.4) is 0 Å². The SMILES string of the molecule is COc1cc(-c2nccn2Cc2cn3c(n2)SCC3)cc2c1OCO2. The number of aromatic nitrogens is 4. The van der Waals surface area contributed by atoms with Gasteiger partial charge in [0.1, 0.15) is 5.82 Å². The third-order valence-electron chi connectivity index (χ3n) is 4.32. The van der Waals surface area contributed by atoms with Crippen molar-refractivity contribution in [3.05, 3.63) is 36.4 Å². The zero-order valence-electron chi connectivity index (χ0n) is 13.6. The molecule has 0 bridgehead atoms. The van der Waals surface area contributed by atoms with Crippen LogP contribution in [0.2, 0.25) is 0 Å². The maximum Gasteiger partial charge on any atom is 0.231 e. The zero-order valence-corrected chi connectivity index (χ0v) is 14.5. The van der Waals surface area contributed by atoms with Gasteiger partial charge in [0.25, 0.3) is 0 Å². The van der Waals surface area contributed by atoms with Crippen molar-refractivity contribution < 1.29 is 14.2 Å². The Labute approximate surface area is 148 Å². The Hall–Kier alpha value is -2.61. The summed E-state index contributed by atoms with van der Waals surface area (Å²) in [5.74, 6) is 3.93. The van der Waals surface area contributed by atoms with Gasteiger partial charge in [-0.3, -0.25) is 0 Å². The first-order chi connectivity index (χ1) is 12.3. The second-order valence-corrected chi connectivity index (χ2v) is 6.91. The van der Waals surface area contributed by atoms with Crippen molar-refractivity contribution in [3.63, 3.8) is 0 Å². The summed E-state index contributed by atoms with van der Waals surface area (Å²) in [4.78, 5) is 9.22. The number of aryl methyl sites for hydroxylation is 1. The number of nitrogens with zero attached hydrogens (tertiary/aromatic N) is 4. The van der Waals surface area contributed by atoms with E-state index in [0.29, 0.717) is 23.8 Å². The quantitative estimate of drug-likeness (QED) is 0.716. The van der Waals surface area contributed by atoms with Crippen LogP contribution in [0.15, 0.2) is 35.9 Å². The second-order valence-electron chi connectivity index (χ2n) is 5.85. The lowest BCUT2D eigenvalue weighted by Gasteiger charge is -2.10. The predicted octanol–water partition coefficient (Wildman–Crippen LogP) is 2.64. The van der Waals surface area contributed by atoms with E-state index >= 15 is 0 Å². The van der Waals surface area contributed by atoms with Gasteiger partial charge in [-0.05, 0) is 12.1 Å². The molecule has 0 saturated heterocycles. The molecule has 0 unspecified atom stereocenters. The Kier molecular flexibility index (Phi) is 3.37. The van der Waals surface area contributed by atoms with Crippen molar-refractivity contribution in [2.45, 2.75) is 18.2 Å². The second kappa shape index (κ2) is 5.73. The molecule has 0 spiro atoms. The first-order valence-corrected chi connectivity index (χ1v) is 8.98. The van der Waals surface area contributed by atoms with Gasteiger partial charge >= 0.3 is 0 Å². The lowest BCUT2D eigenvalue weighted by Crippen LogP contribution is -2.02. The van der Waals surface area contributed by atoms with Crippen LogP contribution in [0.1, 0.15) is 5.69 Å². The molecule has 1 aromatic carbocycles. The van der Waals surface area contributed by atoms with Gasteiger partial charge in [0.05, 0.1) is 19.3 Å². The molecule has 4 heterocycles. The van der Waals surface area contributed by atoms with E-state index < -0.39 is 0 Å². The van der Waals surface area contributed by atoms with Crippen molar-refractivity contribution in [3.8, 4) is 28.6 Å². The summed E-state index contributed by atoms with van der Waals surface area (Å²) in [7, 11) is 1.62. The van der Waals surface area contributed by atoms with Gasteiger partial charge in [0.2, 0.25) is 12.5 Å². The molecule has 5 rings (SSSR count). The van der Waals surface area contributed by atoms with Crippen LogP contribution in [0.5, 0.6) is 17.2 Å². The molecule has 0 radical (unpaired) electrons. The molecule has 2 aliphatic heterocycles. The van der Waals surface area contributed by atoms with Crippen molar-refractivity contribution >= 4 is 11.8 Å². The van der Waals surface area contributed by atoms with Gasteiger partial charge in [-0.15, -0.1) is 0 Å². The monoisotopic (exact) mass is 356 g/mol. The van der Waals surface area contributed by atoms with Crippen LogP contribution < -0.4 is 14.2 Å². The molecule has 0 saturated carbocycles. The molecular weight excluding hydrogens is 340 g/mol. The summed E-state index contributed by atoms with van der Waals surface area (Å²) in [6.45, 7) is 1.91. The fourth-order valence-corrected chi connectivity index (χ4v) is 4.13. The number of imidazole rings is 2. The average molecular weight is 356 g/mol. The van der Waals surface area contributed by atoms with Gasteiger partial charge < -0.3 is 23.3 Å². The van der Waals surface area contributed by atoms with E-state index in [-0.39, 0.29) is 6.79 Å². The Balaban J connectivity index is 1.50. The fourth-order valence-electron chi connectivity index (χ4n) is 3.17. The Morgan fingerprint density at radius 1 is 1.32 bits per heavy atom. The van der Waals surface area contributed by atoms with Crippen LogP contribution in [0, 0.1) is 0 Å². The van der Waals surface area contributed by atoms with E-state index in [4.69, 9.17) is 19.2 Å². The summed E-state index contributed by atoms with van der Waals surface area (Å²) >= 11 is 1.80. The Morgan fingerprint density at radius 2 is 2.28 bits per heavy atom. The number of thioether (sulfide) groups is 1. The van der Waals surface area contributed by atoms with Gasteiger partial charge in [0, 0.05) is 36.5 Å². The molecular formula is C17H16N4O3S. The summed E-state index contributed by atoms with van der Waals surface area (Å²) < 4.78 is 20.7. The maximum absolute atomic E-state index is 5.52. The minimum atomic E-state index is 0.210. The van der Waals surface area contributed by atoms with E-state index in [2.05, 4.69) is 20.3 Å². The third kappa shape index (κ3) is 2.44. The smallest absolute Gasteiger partial charge is 0.231 e. The van der Waals surface area contributed by atoms with E-state index in [0.717, 1.165) is 34.5 Å². The number of benzene rings is 1. The van der Waals surface area contributed by atoms with Crippen LogP contribution in [0.25, 0.3) is 11.4 Å². The summed E-state index contributed by atoms with van der Waals surface area (Å²) in [6, 6.07) is 3.86. The zero-order chi connectivity index (χ0) is 16.8. The molecule has 0 amide bonds. The fraction of sp³-hybridized carbons (Fsp3) is 0.294. The normalized spacial score (nSPS) is 14.8. The van der Waals surface area contributed by atoms with Crippen molar-refractivity contribution in [1.82, 2.24) is 19.1 Å². The largest absolute Gasteiger partial charge is 0.493 e. The van der Waals surface area contributed by atoms with Crippen LogP contribution in [-0.4, -0.2) is 38.8 Å². The van der Waals surface area contributed by atoms with E-state index in [9.17, 15) is 0 Å². The molecule has 0 aliphatic carbocycles. The first kappa shape index (κ1) is 14.7.